The third-order valence-electron chi connectivity index (χ3n) is 5.86. The van der Waals surface area contributed by atoms with Crippen LogP contribution in [-0.2, 0) is 21.2 Å². The van der Waals surface area contributed by atoms with Crippen molar-refractivity contribution in [1.29, 1.82) is 0 Å². The second kappa shape index (κ2) is 8.57. The molecule has 0 N–H and O–H groups in total. The highest BCUT2D eigenvalue weighted by atomic mass is 35.5. The van der Waals surface area contributed by atoms with E-state index in [1.54, 1.807) is 19.2 Å². The van der Waals surface area contributed by atoms with Gasteiger partial charge in [0.15, 0.2) is 0 Å². The molecule has 160 valence electrons. The maximum absolute atomic E-state index is 13.4. The first kappa shape index (κ1) is 21.2. The number of aryl methyl sites for hydroxylation is 1. The molecule has 1 atom stereocenters. The number of halogens is 1. The highest BCUT2D eigenvalue weighted by molar-refractivity contribution is 7.89. The quantitative estimate of drug-likeness (QED) is 0.714. The Bertz CT molecular complexity index is 1040. The summed E-state index contributed by atoms with van der Waals surface area (Å²) in [6, 6.07) is 11.9. The van der Waals surface area contributed by atoms with Gasteiger partial charge in [0.25, 0.3) is 0 Å². The Morgan fingerprint density at radius 3 is 2.60 bits per heavy atom. The average Bonchev–Trinajstić information content (AvgIpc) is 2.78. The number of benzene rings is 2. The molecule has 4 rings (SSSR count). The average molecular weight is 449 g/mol. The van der Waals surface area contributed by atoms with Crippen molar-refractivity contribution in [3.05, 3.63) is 53.1 Å². The lowest BCUT2D eigenvalue weighted by Crippen LogP contribution is -2.48. The molecule has 2 heterocycles. The number of fused-ring (bicyclic) bond motifs is 1. The molecule has 2 aromatic carbocycles. The number of ether oxygens (including phenoxy) is 1. The maximum atomic E-state index is 13.4. The number of carbonyl (C=O) groups excluding carboxylic acids is 1. The van der Waals surface area contributed by atoms with Gasteiger partial charge in [0, 0.05) is 30.3 Å². The normalized spacial score (nSPS) is 19.9. The maximum Gasteiger partial charge on any atom is 0.243 e. The first-order valence-corrected chi connectivity index (χ1v) is 12.0. The third kappa shape index (κ3) is 4.06. The minimum absolute atomic E-state index is 0.00266. The van der Waals surface area contributed by atoms with Gasteiger partial charge in [0.05, 0.1) is 17.9 Å². The Labute approximate surface area is 182 Å². The largest absolute Gasteiger partial charge is 0.497 e. The number of hydrogen-bond donors (Lipinski definition) is 0. The Hall–Kier alpha value is -2.09. The van der Waals surface area contributed by atoms with E-state index in [-0.39, 0.29) is 23.3 Å². The number of methoxy groups -OCH3 is 1. The van der Waals surface area contributed by atoms with Gasteiger partial charge in [0.1, 0.15) is 5.75 Å². The molecule has 0 aromatic heterocycles. The summed E-state index contributed by atoms with van der Waals surface area (Å²) in [7, 11) is -2.03. The van der Waals surface area contributed by atoms with Gasteiger partial charge in [-0.2, -0.15) is 4.31 Å². The number of carbonyl (C=O) groups is 1. The summed E-state index contributed by atoms with van der Waals surface area (Å²) in [6.07, 6.45) is 3.13. The van der Waals surface area contributed by atoms with Gasteiger partial charge in [-0.25, -0.2) is 8.42 Å². The standard InChI is InChI=1S/C22H25ClN2O4S/c1-29-19-8-11-21-16(14-19)4-3-13-25(21)22(26)17-5-2-12-24(15-17)30(27,28)20-9-6-18(23)7-10-20/h6-11,14,17H,2-5,12-13,15H2,1H3. The topological polar surface area (TPSA) is 66.9 Å². The molecule has 2 aliphatic rings. The van der Waals surface area contributed by atoms with Crippen LogP contribution in [0.3, 0.4) is 0 Å². The zero-order chi connectivity index (χ0) is 21.3. The predicted molar refractivity (Wildman–Crippen MR) is 117 cm³/mol. The van der Waals surface area contributed by atoms with Crippen LogP contribution in [0.1, 0.15) is 24.8 Å². The number of piperidine rings is 1. The zero-order valence-corrected chi connectivity index (χ0v) is 18.5. The molecular weight excluding hydrogens is 424 g/mol. The van der Waals surface area contributed by atoms with Crippen molar-refractivity contribution >= 4 is 33.2 Å². The summed E-state index contributed by atoms with van der Waals surface area (Å²) in [5, 5.41) is 0.487. The summed E-state index contributed by atoms with van der Waals surface area (Å²) in [5.41, 5.74) is 2.00. The molecule has 0 aliphatic carbocycles. The summed E-state index contributed by atoms with van der Waals surface area (Å²) in [5.74, 6) is 0.423. The highest BCUT2D eigenvalue weighted by Crippen LogP contribution is 2.33. The lowest BCUT2D eigenvalue weighted by molar-refractivity contribution is -0.123. The van der Waals surface area contributed by atoms with E-state index in [2.05, 4.69) is 0 Å². The van der Waals surface area contributed by atoms with Gasteiger partial charge >= 0.3 is 0 Å². The van der Waals surface area contributed by atoms with Crippen LogP contribution in [0.2, 0.25) is 5.02 Å². The molecule has 0 bridgehead atoms. The van der Waals surface area contributed by atoms with Crippen molar-refractivity contribution in [3.63, 3.8) is 0 Å². The van der Waals surface area contributed by atoms with Crippen LogP contribution in [-0.4, -0.2) is 45.4 Å². The molecule has 1 fully saturated rings. The number of rotatable bonds is 4. The fourth-order valence-corrected chi connectivity index (χ4v) is 5.92. The molecule has 8 heteroatoms. The van der Waals surface area contributed by atoms with E-state index in [0.29, 0.717) is 31.0 Å². The molecule has 1 saturated heterocycles. The molecular formula is C22H25ClN2O4S. The molecule has 0 saturated carbocycles. The smallest absolute Gasteiger partial charge is 0.243 e. The predicted octanol–water partition coefficient (Wildman–Crippen LogP) is 3.73. The number of amides is 1. The highest BCUT2D eigenvalue weighted by Gasteiger charge is 2.36. The minimum atomic E-state index is -3.66. The van der Waals surface area contributed by atoms with E-state index < -0.39 is 10.0 Å². The van der Waals surface area contributed by atoms with E-state index in [1.165, 1.54) is 16.4 Å². The molecule has 0 radical (unpaired) electrons. The fourth-order valence-electron chi connectivity index (χ4n) is 4.27. The SMILES string of the molecule is COc1ccc2c(c1)CCCN2C(=O)C1CCCN(S(=O)(=O)c2ccc(Cl)cc2)C1. The molecule has 2 aliphatic heterocycles. The van der Waals surface area contributed by atoms with Crippen LogP contribution in [0.15, 0.2) is 47.4 Å². The van der Waals surface area contributed by atoms with Gasteiger partial charge in [0.2, 0.25) is 15.9 Å². The molecule has 2 aromatic rings. The summed E-state index contributed by atoms with van der Waals surface area (Å²) < 4.78 is 32.9. The molecule has 0 spiro atoms. The third-order valence-corrected chi connectivity index (χ3v) is 7.99. The first-order valence-electron chi connectivity index (χ1n) is 10.1. The number of sulfonamides is 1. The molecule has 30 heavy (non-hydrogen) atoms. The number of anilines is 1. The Balaban J connectivity index is 1.54. The van der Waals surface area contributed by atoms with Crippen molar-refractivity contribution in [1.82, 2.24) is 4.31 Å². The fraction of sp³-hybridized carbons (Fsp3) is 0.409. The van der Waals surface area contributed by atoms with E-state index in [1.807, 2.05) is 23.1 Å². The molecule has 1 amide bonds. The zero-order valence-electron chi connectivity index (χ0n) is 16.9. The van der Waals surface area contributed by atoms with Crippen molar-refractivity contribution < 1.29 is 17.9 Å². The van der Waals surface area contributed by atoms with Gasteiger partial charge < -0.3 is 9.64 Å². The Kier molecular flexibility index (Phi) is 6.04. The lowest BCUT2D eigenvalue weighted by Gasteiger charge is -2.36. The van der Waals surface area contributed by atoms with E-state index in [9.17, 15) is 13.2 Å². The van der Waals surface area contributed by atoms with Crippen LogP contribution < -0.4 is 9.64 Å². The van der Waals surface area contributed by atoms with E-state index in [0.717, 1.165) is 29.8 Å². The van der Waals surface area contributed by atoms with Crippen molar-refractivity contribution in [3.8, 4) is 5.75 Å². The van der Waals surface area contributed by atoms with Crippen LogP contribution in [0.25, 0.3) is 0 Å². The number of hydrogen-bond acceptors (Lipinski definition) is 4. The number of nitrogens with zero attached hydrogens (tertiary/aromatic N) is 2. The molecule has 6 nitrogen and oxygen atoms in total. The van der Waals surface area contributed by atoms with Gasteiger partial charge in [-0.05, 0) is 73.7 Å². The van der Waals surface area contributed by atoms with E-state index in [4.69, 9.17) is 16.3 Å². The van der Waals surface area contributed by atoms with Gasteiger partial charge in [-0.3, -0.25) is 4.79 Å². The second-order valence-electron chi connectivity index (χ2n) is 7.74. The summed E-state index contributed by atoms with van der Waals surface area (Å²) >= 11 is 5.89. The van der Waals surface area contributed by atoms with Crippen LogP contribution in [0.5, 0.6) is 5.75 Å². The summed E-state index contributed by atoms with van der Waals surface area (Å²) in [4.78, 5) is 15.4. The van der Waals surface area contributed by atoms with Gasteiger partial charge in [-0.15, -0.1) is 0 Å². The molecule has 1 unspecified atom stereocenters. The first-order chi connectivity index (χ1) is 14.4. The van der Waals surface area contributed by atoms with Crippen LogP contribution >= 0.6 is 11.6 Å². The minimum Gasteiger partial charge on any atom is -0.497 e. The Morgan fingerprint density at radius 2 is 1.87 bits per heavy atom. The van der Waals surface area contributed by atoms with Crippen LogP contribution in [0, 0.1) is 5.92 Å². The van der Waals surface area contributed by atoms with Crippen molar-refractivity contribution in [2.75, 3.05) is 31.6 Å². The van der Waals surface area contributed by atoms with Crippen LogP contribution in [0.4, 0.5) is 5.69 Å². The van der Waals surface area contributed by atoms with Gasteiger partial charge in [-0.1, -0.05) is 11.6 Å². The van der Waals surface area contributed by atoms with Crippen molar-refractivity contribution in [2.45, 2.75) is 30.6 Å². The van der Waals surface area contributed by atoms with E-state index >= 15 is 0 Å². The van der Waals surface area contributed by atoms with Crippen molar-refractivity contribution in [2.24, 2.45) is 5.92 Å². The lowest BCUT2D eigenvalue weighted by atomic mass is 9.95. The monoisotopic (exact) mass is 448 g/mol. The second-order valence-corrected chi connectivity index (χ2v) is 10.1. The summed E-state index contributed by atoms with van der Waals surface area (Å²) in [6.45, 7) is 1.27. The Morgan fingerprint density at radius 1 is 1.10 bits per heavy atom.